The van der Waals surface area contributed by atoms with E-state index in [9.17, 15) is 9.59 Å². The molecule has 0 spiro atoms. The van der Waals surface area contributed by atoms with Gasteiger partial charge >= 0.3 is 5.97 Å². The monoisotopic (exact) mass is 335 g/mol. The number of ether oxygens (including phenoxy) is 1. The van der Waals surface area contributed by atoms with Gasteiger partial charge in [-0.2, -0.15) is 0 Å². The third-order valence-electron chi connectivity index (χ3n) is 3.33. The summed E-state index contributed by atoms with van der Waals surface area (Å²) in [6.07, 6.45) is -0.565. The van der Waals surface area contributed by atoms with Gasteiger partial charge in [0.2, 0.25) is 0 Å². The van der Waals surface area contributed by atoms with Crippen molar-refractivity contribution in [2.24, 2.45) is 0 Å². The molecule has 1 aliphatic heterocycles. The van der Waals surface area contributed by atoms with Crippen LogP contribution in [-0.2, 0) is 16.0 Å². The lowest BCUT2D eigenvalue weighted by Gasteiger charge is -2.24. The van der Waals surface area contributed by atoms with E-state index in [4.69, 9.17) is 27.9 Å². The van der Waals surface area contributed by atoms with Crippen LogP contribution in [0.5, 0.6) is 0 Å². The van der Waals surface area contributed by atoms with Gasteiger partial charge in [-0.3, -0.25) is 4.79 Å². The summed E-state index contributed by atoms with van der Waals surface area (Å²) < 4.78 is 5.19. The van der Waals surface area contributed by atoms with Crippen LogP contribution >= 0.6 is 23.2 Å². The van der Waals surface area contributed by atoms with Crippen LogP contribution in [0.2, 0.25) is 10.0 Å². The van der Waals surface area contributed by atoms with Crippen molar-refractivity contribution in [3.63, 3.8) is 0 Å². The van der Waals surface area contributed by atoms with E-state index >= 15 is 0 Å². The molecule has 1 N–H and O–H groups in total. The second-order valence-corrected chi connectivity index (χ2v) is 5.77. The number of amides is 1. The Balaban J connectivity index is 1.78. The summed E-state index contributed by atoms with van der Waals surface area (Å²) in [5.41, 5.74) is 1.70. The molecule has 2 aromatic carbocycles. The number of nitrogens with one attached hydrogen (secondary N) is 1. The molecule has 0 aromatic heterocycles. The second-order valence-electron chi connectivity index (χ2n) is 4.90. The number of cyclic esters (lactones) is 1. The molecule has 1 atom stereocenters. The minimum atomic E-state index is -0.875. The number of hydrogen-bond donors (Lipinski definition) is 1. The molecule has 0 bridgehead atoms. The van der Waals surface area contributed by atoms with Crippen molar-refractivity contribution in [1.29, 1.82) is 0 Å². The fourth-order valence-corrected chi connectivity index (χ4v) is 2.65. The van der Waals surface area contributed by atoms with Crippen LogP contribution < -0.4 is 5.32 Å². The smallest absolute Gasteiger partial charge is 0.339 e. The molecule has 1 heterocycles. The summed E-state index contributed by atoms with van der Waals surface area (Å²) >= 11 is 11.7. The minimum absolute atomic E-state index is 0.310. The number of fused-ring (bicyclic) bond motifs is 1. The van der Waals surface area contributed by atoms with Gasteiger partial charge < -0.3 is 10.1 Å². The molecule has 6 heteroatoms. The summed E-state index contributed by atoms with van der Waals surface area (Å²) in [5.74, 6) is -0.939. The van der Waals surface area contributed by atoms with Crippen LogP contribution in [0.4, 0.5) is 5.69 Å². The molecule has 22 heavy (non-hydrogen) atoms. The van der Waals surface area contributed by atoms with Crippen LogP contribution in [0.1, 0.15) is 15.9 Å². The van der Waals surface area contributed by atoms with Crippen molar-refractivity contribution in [2.75, 3.05) is 5.32 Å². The van der Waals surface area contributed by atoms with E-state index in [2.05, 4.69) is 5.32 Å². The van der Waals surface area contributed by atoms with Crippen molar-refractivity contribution < 1.29 is 14.3 Å². The van der Waals surface area contributed by atoms with Crippen molar-refractivity contribution >= 4 is 40.8 Å². The van der Waals surface area contributed by atoms with Crippen LogP contribution in [0, 0.1) is 0 Å². The Kier molecular flexibility index (Phi) is 4.05. The van der Waals surface area contributed by atoms with E-state index < -0.39 is 18.0 Å². The average Bonchev–Trinajstić information content (AvgIpc) is 2.48. The number of anilines is 1. The first-order chi connectivity index (χ1) is 10.5. The van der Waals surface area contributed by atoms with E-state index in [1.165, 1.54) is 0 Å². The summed E-state index contributed by atoms with van der Waals surface area (Å²) in [6, 6.07) is 11.7. The predicted molar refractivity (Wildman–Crippen MR) is 84.4 cm³/mol. The van der Waals surface area contributed by atoms with Gasteiger partial charge in [0, 0.05) is 22.2 Å². The zero-order valence-electron chi connectivity index (χ0n) is 11.3. The SMILES string of the molecule is O=C1OC(C(=O)Nc2cccc(Cl)c2)Cc2ccc(Cl)cc21. The van der Waals surface area contributed by atoms with Gasteiger partial charge in [0.25, 0.3) is 5.91 Å². The van der Waals surface area contributed by atoms with Gasteiger partial charge in [-0.05, 0) is 35.9 Å². The molecule has 0 aliphatic carbocycles. The van der Waals surface area contributed by atoms with Crippen LogP contribution in [-0.4, -0.2) is 18.0 Å². The van der Waals surface area contributed by atoms with Crippen molar-refractivity contribution in [1.82, 2.24) is 0 Å². The zero-order chi connectivity index (χ0) is 15.7. The number of carbonyl (C=O) groups excluding carboxylic acids is 2. The third kappa shape index (κ3) is 3.08. The summed E-state index contributed by atoms with van der Waals surface area (Å²) in [5, 5.41) is 3.66. The number of esters is 1. The van der Waals surface area contributed by atoms with Gasteiger partial charge in [-0.1, -0.05) is 35.3 Å². The first kappa shape index (κ1) is 14.9. The maximum atomic E-state index is 12.2. The molecule has 1 aliphatic rings. The number of benzene rings is 2. The van der Waals surface area contributed by atoms with Gasteiger partial charge in [-0.15, -0.1) is 0 Å². The van der Waals surface area contributed by atoms with E-state index in [-0.39, 0.29) is 0 Å². The highest BCUT2D eigenvalue weighted by Crippen LogP contribution is 2.25. The van der Waals surface area contributed by atoms with Crippen LogP contribution in [0.3, 0.4) is 0 Å². The fourth-order valence-electron chi connectivity index (χ4n) is 2.29. The average molecular weight is 336 g/mol. The highest BCUT2D eigenvalue weighted by molar-refractivity contribution is 6.31. The van der Waals surface area contributed by atoms with Gasteiger partial charge in [-0.25, -0.2) is 4.79 Å². The highest BCUT2D eigenvalue weighted by Gasteiger charge is 2.31. The molecule has 0 saturated heterocycles. The Morgan fingerprint density at radius 2 is 1.91 bits per heavy atom. The van der Waals surface area contributed by atoms with E-state index in [0.717, 1.165) is 5.56 Å². The Morgan fingerprint density at radius 3 is 2.68 bits per heavy atom. The molecule has 0 saturated carbocycles. The van der Waals surface area contributed by atoms with Gasteiger partial charge in [0.05, 0.1) is 5.56 Å². The van der Waals surface area contributed by atoms with E-state index in [1.54, 1.807) is 42.5 Å². The molecule has 1 amide bonds. The Labute approximate surface area is 137 Å². The van der Waals surface area contributed by atoms with Crippen LogP contribution in [0.15, 0.2) is 42.5 Å². The fraction of sp³-hybridized carbons (Fsp3) is 0.125. The largest absolute Gasteiger partial charge is 0.448 e. The quantitative estimate of drug-likeness (QED) is 0.851. The highest BCUT2D eigenvalue weighted by atomic mass is 35.5. The lowest BCUT2D eigenvalue weighted by Crippen LogP contribution is -2.38. The number of rotatable bonds is 2. The standard InChI is InChI=1S/C16H11Cl2NO3/c17-10-2-1-3-12(7-10)19-15(20)14-6-9-4-5-11(18)8-13(9)16(21)22-14/h1-5,7-8,14H,6H2,(H,19,20). The molecular formula is C16H11Cl2NO3. The molecule has 112 valence electrons. The molecule has 3 rings (SSSR count). The zero-order valence-corrected chi connectivity index (χ0v) is 12.8. The molecule has 2 aromatic rings. The second kappa shape index (κ2) is 5.99. The molecule has 1 unspecified atom stereocenters. The maximum Gasteiger partial charge on any atom is 0.339 e. The van der Waals surface area contributed by atoms with Crippen molar-refractivity contribution in [3.05, 3.63) is 63.6 Å². The van der Waals surface area contributed by atoms with Crippen molar-refractivity contribution in [2.45, 2.75) is 12.5 Å². The molecule has 0 radical (unpaired) electrons. The Morgan fingerprint density at radius 1 is 1.14 bits per heavy atom. The first-order valence-corrected chi connectivity index (χ1v) is 7.34. The van der Waals surface area contributed by atoms with Gasteiger partial charge in [0.15, 0.2) is 6.10 Å². The number of hydrogen-bond acceptors (Lipinski definition) is 3. The third-order valence-corrected chi connectivity index (χ3v) is 3.80. The predicted octanol–water partition coefficient (Wildman–Crippen LogP) is 3.71. The Bertz CT molecular complexity index is 761. The summed E-state index contributed by atoms with van der Waals surface area (Å²) in [7, 11) is 0. The Hall–Kier alpha value is -2.04. The van der Waals surface area contributed by atoms with Gasteiger partial charge in [0.1, 0.15) is 0 Å². The lowest BCUT2D eigenvalue weighted by atomic mass is 9.98. The molecular weight excluding hydrogens is 325 g/mol. The van der Waals surface area contributed by atoms with Crippen LogP contribution in [0.25, 0.3) is 0 Å². The summed E-state index contributed by atoms with van der Waals surface area (Å²) in [4.78, 5) is 24.2. The first-order valence-electron chi connectivity index (χ1n) is 6.59. The van der Waals surface area contributed by atoms with Crippen molar-refractivity contribution in [3.8, 4) is 0 Å². The van der Waals surface area contributed by atoms with E-state index in [1.807, 2.05) is 0 Å². The maximum absolute atomic E-state index is 12.2. The number of carbonyl (C=O) groups is 2. The van der Waals surface area contributed by atoms with E-state index in [0.29, 0.717) is 27.7 Å². The molecule has 4 nitrogen and oxygen atoms in total. The lowest BCUT2D eigenvalue weighted by molar-refractivity contribution is -0.125. The number of halogens is 2. The molecule has 0 fully saturated rings. The topological polar surface area (TPSA) is 55.4 Å². The summed E-state index contributed by atoms with van der Waals surface area (Å²) in [6.45, 7) is 0. The minimum Gasteiger partial charge on any atom is -0.448 e. The normalized spacial score (nSPS) is 16.6.